The van der Waals surface area contributed by atoms with Crippen LogP contribution < -0.4 is 5.32 Å². The molecule has 5 aromatic rings. The van der Waals surface area contributed by atoms with Gasteiger partial charge in [-0.3, -0.25) is 4.79 Å². The molecule has 3 heterocycles. The predicted octanol–water partition coefficient (Wildman–Crippen LogP) is 5.05. The number of carbonyl (C=O) groups excluding carboxylic acids is 1. The van der Waals surface area contributed by atoms with Gasteiger partial charge in [-0.1, -0.05) is 17.7 Å². The van der Waals surface area contributed by atoms with Gasteiger partial charge in [0.1, 0.15) is 5.65 Å². The van der Waals surface area contributed by atoms with Gasteiger partial charge in [0.2, 0.25) is 11.8 Å². The highest BCUT2D eigenvalue weighted by atomic mass is 79.9. The van der Waals surface area contributed by atoms with Gasteiger partial charge in [-0.2, -0.15) is 0 Å². The number of hydrogen-bond acceptors (Lipinski definition) is 5. The average Bonchev–Trinajstić information content (AvgIpc) is 3.44. The van der Waals surface area contributed by atoms with E-state index in [2.05, 4.69) is 36.4 Å². The smallest absolute Gasteiger partial charge is 0.251 e. The number of aryl methyl sites for hydroxylation is 1. The number of halogens is 1. The Kier molecular flexibility index (Phi) is 5.28. The Hall–Kier alpha value is -3.78. The molecule has 0 unspecified atom stereocenters. The second kappa shape index (κ2) is 8.39. The molecule has 0 fully saturated rings. The molecule has 2 aromatic carbocycles. The topological polar surface area (TPSA) is 85.3 Å². The van der Waals surface area contributed by atoms with Gasteiger partial charge in [-0.05, 0) is 71.4 Å². The minimum Gasteiger partial charge on any atom is -0.416 e. The summed E-state index contributed by atoms with van der Waals surface area (Å²) in [6.07, 6.45) is 3.82. The lowest BCUT2D eigenvalue weighted by Crippen LogP contribution is -2.22. The van der Waals surface area contributed by atoms with Gasteiger partial charge in [0.15, 0.2) is 0 Å². The minimum atomic E-state index is -0.180. The maximum Gasteiger partial charge on any atom is 0.251 e. The fourth-order valence-corrected chi connectivity index (χ4v) is 3.73. The highest BCUT2D eigenvalue weighted by molar-refractivity contribution is 9.10. The standard InChI is InChI=1S/C24H18BrN5O2/c1-15-3-2-4-18(11-15)24-29-28-23(32-24)17-7-5-16(6-8-17)22(31)26-12-20-14-30-13-19(25)9-10-21(30)27-20/h2-11,13-14H,12H2,1H3,(H,26,31). The van der Waals surface area contributed by atoms with E-state index in [9.17, 15) is 4.79 Å². The number of fused-ring (bicyclic) bond motifs is 1. The molecule has 0 spiro atoms. The summed E-state index contributed by atoms with van der Waals surface area (Å²) < 4.78 is 8.69. The largest absolute Gasteiger partial charge is 0.416 e. The average molecular weight is 488 g/mol. The van der Waals surface area contributed by atoms with Gasteiger partial charge >= 0.3 is 0 Å². The molecule has 3 aromatic heterocycles. The third-order valence-electron chi connectivity index (χ3n) is 4.98. The van der Waals surface area contributed by atoms with Gasteiger partial charge in [0, 0.05) is 33.6 Å². The van der Waals surface area contributed by atoms with E-state index in [1.807, 2.05) is 60.1 Å². The Labute approximate surface area is 192 Å². The SMILES string of the molecule is Cc1cccc(-c2nnc(-c3ccc(C(=O)NCc4cn5cc(Br)ccc5n4)cc3)o2)c1. The van der Waals surface area contributed by atoms with Gasteiger partial charge in [0.05, 0.1) is 12.2 Å². The summed E-state index contributed by atoms with van der Waals surface area (Å²) in [7, 11) is 0. The molecule has 0 radical (unpaired) electrons. The Morgan fingerprint density at radius 3 is 2.56 bits per heavy atom. The minimum absolute atomic E-state index is 0.180. The summed E-state index contributed by atoms with van der Waals surface area (Å²) in [6, 6.07) is 18.8. The first-order valence-electron chi connectivity index (χ1n) is 9.97. The Bertz CT molecular complexity index is 1420. The van der Waals surface area contributed by atoms with E-state index < -0.39 is 0 Å². The monoisotopic (exact) mass is 487 g/mol. The number of nitrogens with zero attached hydrogens (tertiary/aromatic N) is 4. The lowest BCUT2D eigenvalue weighted by molar-refractivity contribution is 0.0950. The van der Waals surface area contributed by atoms with Crippen LogP contribution in [0.15, 0.2) is 81.9 Å². The van der Waals surface area contributed by atoms with Crippen molar-refractivity contribution >= 4 is 27.5 Å². The number of pyridine rings is 1. The van der Waals surface area contributed by atoms with E-state index in [1.165, 1.54) is 0 Å². The van der Waals surface area contributed by atoms with Crippen LogP contribution in [-0.4, -0.2) is 25.5 Å². The van der Waals surface area contributed by atoms with Crippen LogP contribution in [0.5, 0.6) is 0 Å². The second-order valence-electron chi connectivity index (χ2n) is 7.39. The van der Waals surface area contributed by atoms with Gasteiger partial charge < -0.3 is 14.1 Å². The van der Waals surface area contributed by atoms with E-state index in [4.69, 9.17) is 4.42 Å². The molecule has 1 N–H and O–H groups in total. The predicted molar refractivity (Wildman–Crippen MR) is 124 cm³/mol. The molecular formula is C24H18BrN5O2. The number of rotatable bonds is 5. The van der Waals surface area contributed by atoms with E-state index in [0.717, 1.165) is 32.5 Å². The first-order chi connectivity index (χ1) is 15.5. The Balaban J connectivity index is 1.26. The van der Waals surface area contributed by atoms with Crippen LogP contribution >= 0.6 is 15.9 Å². The molecule has 0 saturated carbocycles. The third-order valence-corrected chi connectivity index (χ3v) is 5.45. The Morgan fingerprint density at radius 2 is 1.78 bits per heavy atom. The lowest BCUT2D eigenvalue weighted by Gasteiger charge is -2.04. The van der Waals surface area contributed by atoms with Crippen LogP contribution in [0.4, 0.5) is 0 Å². The fraction of sp³-hybridized carbons (Fsp3) is 0.0833. The van der Waals surface area contributed by atoms with Gasteiger partial charge in [-0.25, -0.2) is 4.98 Å². The molecule has 0 aliphatic carbocycles. The van der Waals surface area contributed by atoms with Gasteiger partial charge in [-0.15, -0.1) is 10.2 Å². The van der Waals surface area contributed by atoms with Crippen molar-refractivity contribution in [3.63, 3.8) is 0 Å². The number of imidazole rings is 1. The lowest BCUT2D eigenvalue weighted by atomic mass is 10.1. The summed E-state index contributed by atoms with van der Waals surface area (Å²) in [5.41, 5.74) is 4.89. The molecule has 0 bridgehead atoms. The van der Waals surface area contributed by atoms with Crippen molar-refractivity contribution in [3.05, 3.63) is 94.4 Å². The van der Waals surface area contributed by atoms with Crippen molar-refractivity contribution in [2.45, 2.75) is 13.5 Å². The number of aromatic nitrogens is 4. The molecule has 158 valence electrons. The molecule has 0 saturated heterocycles. The molecule has 5 rings (SSSR count). The molecular weight excluding hydrogens is 470 g/mol. The van der Waals surface area contributed by atoms with E-state index >= 15 is 0 Å². The summed E-state index contributed by atoms with van der Waals surface area (Å²) in [5.74, 6) is 0.690. The fourth-order valence-electron chi connectivity index (χ4n) is 3.37. The molecule has 32 heavy (non-hydrogen) atoms. The summed E-state index contributed by atoms with van der Waals surface area (Å²) >= 11 is 3.44. The van der Waals surface area contributed by atoms with Crippen molar-refractivity contribution in [1.29, 1.82) is 0 Å². The summed E-state index contributed by atoms with van der Waals surface area (Å²) in [6.45, 7) is 2.35. The van der Waals surface area contributed by atoms with Crippen LogP contribution in [0.25, 0.3) is 28.6 Å². The summed E-state index contributed by atoms with van der Waals surface area (Å²) in [5, 5.41) is 11.2. The number of amides is 1. The second-order valence-corrected chi connectivity index (χ2v) is 8.30. The normalized spacial score (nSPS) is 11.1. The van der Waals surface area contributed by atoms with E-state index in [1.54, 1.807) is 24.3 Å². The number of hydrogen-bond donors (Lipinski definition) is 1. The van der Waals surface area contributed by atoms with Crippen LogP contribution in [0.2, 0.25) is 0 Å². The van der Waals surface area contributed by atoms with Crippen LogP contribution in [-0.2, 0) is 6.54 Å². The molecule has 7 nitrogen and oxygen atoms in total. The molecule has 0 aliphatic heterocycles. The van der Waals surface area contributed by atoms with Crippen molar-refractivity contribution < 1.29 is 9.21 Å². The highest BCUT2D eigenvalue weighted by Gasteiger charge is 2.12. The first kappa shape index (κ1) is 20.1. The molecule has 0 aliphatic rings. The van der Waals surface area contributed by atoms with E-state index in [-0.39, 0.29) is 5.91 Å². The summed E-state index contributed by atoms with van der Waals surface area (Å²) in [4.78, 5) is 17.1. The number of nitrogens with one attached hydrogen (secondary N) is 1. The maximum atomic E-state index is 12.6. The van der Waals surface area contributed by atoms with Crippen LogP contribution in [0.3, 0.4) is 0 Å². The zero-order valence-electron chi connectivity index (χ0n) is 17.1. The van der Waals surface area contributed by atoms with Crippen molar-refractivity contribution in [1.82, 2.24) is 24.9 Å². The maximum absolute atomic E-state index is 12.6. The van der Waals surface area contributed by atoms with Crippen molar-refractivity contribution in [2.75, 3.05) is 0 Å². The highest BCUT2D eigenvalue weighted by Crippen LogP contribution is 2.24. The van der Waals surface area contributed by atoms with Crippen molar-refractivity contribution in [3.8, 4) is 22.9 Å². The quantitative estimate of drug-likeness (QED) is 0.374. The molecule has 8 heteroatoms. The van der Waals surface area contributed by atoms with Gasteiger partial charge in [0.25, 0.3) is 5.91 Å². The number of carbonyl (C=O) groups is 1. The third kappa shape index (κ3) is 4.17. The zero-order valence-corrected chi connectivity index (χ0v) is 18.7. The van der Waals surface area contributed by atoms with Crippen molar-refractivity contribution in [2.24, 2.45) is 0 Å². The van der Waals surface area contributed by atoms with Crippen LogP contribution in [0, 0.1) is 6.92 Å². The van der Waals surface area contributed by atoms with E-state index in [0.29, 0.717) is 23.9 Å². The zero-order chi connectivity index (χ0) is 22.1. The Morgan fingerprint density at radius 1 is 1.00 bits per heavy atom. The first-order valence-corrected chi connectivity index (χ1v) is 10.8. The number of benzene rings is 2. The van der Waals surface area contributed by atoms with Crippen LogP contribution in [0.1, 0.15) is 21.6 Å². The molecule has 0 atom stereocenters. The molecule has 1 amide bonds.